The summed E-state index contributed by atoms with van der Waals surface area (Å²) in [6.45, 7) is 1.78. The van der Waals surface area contributed by atoms with Gasteiger partial charge in [0.1, 0.15) is 0 Å². The van der Waals surface area contributed by atoms with E-state index < -0.39 is 0 Å². The van der Waals surface area contributed by atoms with Crippen LogP contribution in [0.25, 0.3) is 0 Å². The van der Waals surface area contributed by atoms with Crippen LogP contribution in [0.5, 0.6) is 0 Å². The third kappa shape index (κ3) is 2.08. The number of nitrogens with zero attached hydrogens (tertiary/aromatic N) is 3. The van der Waals surface area contributed by atoms with Gasteiger partial charge in [0.25, 0.3) is 0 Å². The molecule has 1 aliphatic heterocycles. The van der Waals surface area contributed by atoms with Gasteiger partial charge in [0.2, 0.25) is 0 Å². The SMILES string of the molecule is CN1CCN(c2ncc(N)cc2Cl)c2ccccc21. The Morgan fingerprint density at radius 2 is 1.95 bits per heavy atom. The van der Waals surface area contributed by atoms with Crippen molar-refractivity contribution in [1.82, 2.24) is 4.98 Å². The van der Waals surface area contributed by atoms with Gasteiger partial charge in [-0.1, -0.05) is 23.7 Å². The number of fused-ring (bicyclic) bond motifs is 1. The normalized spacial score (nSPS) is 14.4. The number of para-hydroxylation sites is 2. The highest BCUT2D eigenvalue weighted by atomic mass is 35.5. The highest BCUT2D eigenvalue weighted by Gasteiger charge is 2.23. The number of halogens is 1. The van der Waals surface area contributed by atoms with E-state index in [2.05, 4.69) is 34.0 Å². The lowest BCUT2D eigenvalue weighted by Gasteiger charge is -2.36. The first-order valence-corrected chi connectivity index (χ1v) is 6.53. The Kier molecular flexibility index (Phi) is 2.95. The van der Waals surface area contributed by atoms with Crippen LogP contribution in [-0.4, -0.2) is 25.1 Å². The Morgan fingerprint density at radius 3 is 2.68 bits per heavy atom. The zero-order valence-corrected chi connectivity index (χ0v) is 11.4. The lowest BCUT2D eigenvalue weighted by atomic mass is 10.1. The number of anilines is 4. The fraction of sp³-hybridized carbons (Fsp3) is 0.214. The molecule has 1 aromatic heterocycles. The van der Waals surface area contributed by atoms with Crippen LogP contribution in [0.4, 0.5) is 22.9 Å². The van der Waals surface area contributed by atoms with Crippen molar-refractivity contribution in [2.45, 2.75) is 0 Å². The topological polar surface area (TPSA) is 45.4 Å². The molecule has 0 aliphatic carbocycles. The van der Waals surface area contributed by atoms with Gasteiger partial charge in [-0.25, -0.2) is 4.98 Å². The minimum atomic E-state index is 0.580. The maximum atomic E-state index is 6.27. The van der Waals surface area contributed by atoms with Gasteiger partial charge in [-0.05, 0) is 18.2 Å². The number of nitrogen functional groups attached to an aromatic ring is 1. The van der Waals surface area contributed by atoms with Gasteiger partial charge in [-0.15, -0.1) is 0 Å². The zero-order valence-electron chi connectivity index (χ0n) is 10.7. The Hall–Kier alpha value is -1.94. The maximum absolute atomic E-state index is 6.27. The van der Waals surface area contributed by atoms with E-state index in [0.717, 1.165) is 24.6 Å². The predicted octanol–water partition coefficient (Wildman–Crippen LogP) is 2.91. The predicted molar refractivity (Wildman–Crippen MR) is 80.4 cm³/mol. The van der Waals surface area contributed by atoms with Gasteiger partial charge >= 0.3 is 0 Å². The molecule has 3 rings (SSSR count). The number of pyridine rings is 1. The molecule has 1 aliphatic rings. The summed E-state index contributed by atoms with van der Waals surface area (Å²) in [5.74, 6) is 0.761. The number of likely N-dealkylation sites (N-methyl/N-ethyl adjacent to an activating group) is 1. The van der Waals surface area contributed by atoms with Crippen molar-refractivity contribution in [3.05, 3.63) is 41.6 Å². The molecule has 0 radical (unpaired) electrons. The highest BCUT2D eigenvalue weighted by Crippen LogP contribution is 2.38. The summed E-state index contributed by atoms with van der Waals surface area (Å²) in [5, 5.41) is 0.583. The largest absolute Gasteiger partial charge is 0.397 e. The van der Waals surface area contributed by atoms with Gasteiger partial charge in [-0.2, -0.15) is 0 Å². The minimum Gasteiger partial charge on any atom is -0.397 e. The zero-order chi connectivity index (χ0) is 13.4. The molecule has 4 nitrogen and oxygen atoms in total. The van der Waals surface area contributed by atoms with Crippen LogP contribution in [-0.2, 0) is 0 Å². The number of nitrogens with two attached hydrogens (primary N) is 1. The van der Waals surface area contributed by atoms with Gasteiger partial charge < -0.3 is 15.5 Å². The van der Waals surface area contributed by atoms with Crippen LogP contribution < -0.4 is 15.5 Å². The Bertz CT molecular complexity index is 614. The molecule has 19 heavy (non-hydrogen) atoms. The van der Waals surface area contributed by atoms with E-state index in [1.54, 1.807) is 12.3 Å². The van der Waals surface area contributed by atoms with Crippen molar-refractivity contribution < 1.29 is 0 Å². The van der Waals surface area contributed by atoms with Crippen molar-refractivity contribution in [3.8, 4) is 0 Å². The monoisotopic (exact) mass is 274 g/mol. The molecule has 0 amide bonds. The summed E-state index contributed by atoms with van der Waals surface area (Å²) in [5.41, 5.74) is 8.58. The number of benzene rings is 1. The fourth-order valence-corrected chi connectivity index (χ4v) is 2.65. The first-order chi connectivity index (χ1) is 9.16. The Balaban J connectivity index is 2.09. The van der Waals surface area contributed by atoms with Crippen molar-refractivity contribution in [3.63, 3.8) is 0 Å². The van der Waals surface area contributed by atoms with Crippen molar-refractivity contribution in [1.29, 1.82) is 0 Å². The van der Waals surface area contributed by atoms with Gasteiger partial charge in [0.15, 0.2) is 5.82 Å². The molecule has 2 N–H and O–H groups in total. The molecule has 0 bridgehead atoms. The van der Waals surface area contributed by atoms with E-state index in [9.17, 15) is 0 Å². The molecule has 2 aromatic rings. The molecule has 0 saturated carbocycles. The lowest BCUT2D eigenvalue weighted by molar-refractivity contribution is 0.813. The second-order valence-electron chi connectivity index (χ2n) is 4.64. The summed E-state index contributed by atoms with van der Waals surface area (Å²) in [4.78, 5) is 8.75. The number of hydrogen-bond donors (Lipinski definition) is 1. The van der Waals surface area contributed by atoms with E-state index in [1.165, 1.54) is 5.69 Å². The molecule has 0 spiro atoms. The summed E-state index contributed by atoms with van der Waals surface area (Å²) < 4.78 is 0. The minimum absolute atomic E-state index is 0.580. The Labute approximate surface area is 117 Å². The summed E-state index contributed by atoms with van der Waals surface area (Å²) in [6, 6.07) is 9.99. The number of hydrogen-bond acceptors (Lipinski definition) is 4. The summed E-state index contributed by atoms with van der Waals surface area (Å²) in [7, 11) is 2.09. The van der Waals surface area contributed by atoms with Gasteiger partial charge in [0, 0.05) is 20.1 Å². The third-order valence-corrected chi connectivity index (χ3v) is 3.62. The molecule has 5 heteroatoms. The summed E-state index contributed by atoms with van der Waals surface area (Å²) >= 11 is 6.27. The van der Waals surface area contributed by atoms with E-state index in [1.807, 2.05) is 12.1 Å². The average molecular weight is 275 g/mol. The molecule has 1 aromatic carbocycles. The first kappa shape index (κ1) is 12.1. The van der Waals surface area contributed by atoms with Crippen molar-refractivity contribution >= 4 is 34.5 Å². The first-order valence-electron chi connectivity index (χ1n) is 6.15. The lowest BCUT2D eigenvalue weighted by Crippen LogP contribution is -2.36. The van der Waals surface area contributed by atoms with E-state index in [4.69, 9.17) is 17.3 Å². The smallest absolute Gasteiger partial charge is 0.152 e. The highest BCUT2D eigenvalue weighted by molar-refractivity contribution is 6.33. The molecule has 2 heterocycles. The average Bonchev–Trinajstić information content (AvgIpc) is 2.41. The molecule has 0 unspecified atom stereocenters. The molecule has 0 atom stereocenters. The van der Waals surface area contributed by atoms with E-state index >= 15 is 0 Å². The third-order valence-electron chi connectivity index (χ3n) is 3.34. The van der Waals surface area contributed by atoms with E-state index in [0.29, 0.717) is 10.7 Å². The molecular formula is C14H15ClN4. The Morgan fingerprint density at radius 1 is 1.21 bits per heavy atom. The summed E-state index contributed by atoms with van der Waals surface area (Å²) in [6.07, 6.45) is 1.64. The molecule has 0 fully saturated rings. The van der Waals surface area contributed by atoms with Gasteiger partial charge in [0.05, 0.1) is 28.3 Å². The van der Waals surface area contributed by atoms with Crippen LogP contribution in [0.15, 0.2) is 36.5 Å². The maximum Gasteiger partial charge on any atom is 0.152 e. The van der Waals surface area contributed by atoms with Crippen LogP contribution in [0.2, 0.25) is 5.02 Å². The second kappa shape index (κ2) is 4.63. The van der Waals surface area contributed by atoms with Gasteiger partial charge in [-0.3, -0.25) is 0 Å². The van der Waals surface area contributed by atoms with Crippen molar-refractivity contribution in [2.24, 2.45) is 0 Å². The van der Waals surface area contributed by atoms with Crippen molar-refractivity contribution in [2.75, 3.05) is 35.7 Å². The fourth-order valence-electron chi connectivity index (χ4n) is 2.37. The second-order valence-corrected chi connectivity index (χ2v) is 5.04. The van der Waals surface area contributed by atoms with Crippen LogP contribution in [0.3, 0.4) is 0 Å². The van der Waals surface area contributed by atoms with Crippen LogP contribution in [0.1, 0.15) is 0 Å². The van der Waals surface area contributed by atoms with E-state index in [-0.39, 0.29) is 0 Å². The molecule has 98 valence electrons. The van der Waals surface area contributed by atoms with Crippen LogP contribution in [0, 0.1) is 0 Å². The molecular weight excluding hydrogens is 260 g/mol. The quantitative estimate of drug-likeness (QED) is 0.868. The standard InChI is InChI=1S/C14H15ClN4/c1-18-6-7-19(13-5-3-2-4-12(13)18)14-11(15)8-10(16)9-17-14/h2-5,8-9H,6-7,16H2,1H3. The number of aromatic nitrogens is 1. The van der Waals surface area contributed by atoms with Crippen LogP contribution >= 0.6 is 11.6 Å². The number of rotatable bonds is 1. The molecule has 0 saturated heterocycles.